The number of carboxylic acids is 1. The van der Waals surface area contributed by atoms with Crippen molar-refractivity contribution in [3.05, 3.63) is 131 Å². The lowest BCUT2D eigenvalue weighted by Crippen LogP contribution is -2.34. The molecule has 5 heteroatoms. The van der Waals surface area contributed by atoms with E-state index in [0.717, 1.165) is 30.9 Å². The first-order chi connectivity index (χ1) is 19.0. The molecule has 0 amide bonds. The van der Waals surface area contributed by atoms with Crippen LogP contribution in [0.15, 0.2) is 109 Å². The van der Waals surface area contributed by atoms with Gasteiger partial charge in [-0.1, -0.05) is 91.9 Å². The van der Waals surface area contributed by atoms with E-state index in [1.807, 2.05) is 36.4 Å². The molecule has 0 radical (unpaired) electrons. The normalized spacial score (nSPS) is 11.9. The molecule has 0 heterocycles. The molecule has 0 saturated carbocycles. The molecule has 4 aromatic rings. The number of benzene rings is 4. The molecule has 0 aromatic heterocycles. The minimum absolute atomic E-state index is 0.0112. The van der Waals surface area contributed by atoms with E-state index in [0.29, 0.717) is 12.4 Å². The van der Waals surface area contributed by atoms with Crippen molar-refractivity contribution in [3.63, 3.8) is 0 Å². The van der Waals surface area contributed by atoms with Gasteiger partial charge in [0.2, 0.25) is 0 Å². The van der Waals surface area contributed by atoms with Crippen molar-refractivity contribution in [2.24, 2.45) is 5.92 Å². The maximum absolute atomic E-state index is 11.1. The lowest BCUT2D eigenvalue weighted by molar-refractivity contribution is -0.136. The minimum atomic E-state index is -0.846. The number of nitrogens with zero attached hydrogens (tertiary/aromatic N) is 1. The Bertz CT molecular complexity index is 1250. The summed E-state index contributed by atoms with van der Waals surface area (Å²) in [5, 5.41) is 9.11. The topological polar surface area (TPSA) is 59.0 Å². The first-order valence-corrected chi connectivity index (χ1v) is 13.4. The third kappa shape index (κ3) is 8.72. The lowest BCUT2D eigenvalue weighted by atomic mass is 9.90. The Morgan fingerprint density at radius 2 is 1.41 bits per heavy atom. The van der Waals surface area contributed by atoms with Crippen LogP contribution in [0.25, 0.3) is 0 Å². The number of methoxy groups -OCH3 is 1. The highest BCUT2D eigenvalue weighted by atomic mass is 16.5. The first-order valence-electron chi connectivity index (χ1n) is 13.4. The van der Waals surface area contributed by atoms with Gasteiger partial charge >= 0.3 is 5.97 Å². The highest BCUT2D eigenvalue weighted by Crippen LogP contribution is 2.27. The fourth-order valence-electron chi connectivity index (χ4n) is 4.88. The van der Waals surface area contributed by atoms with Gasteiger partial charge in [-0.15, -0.1) is 0 Å². The van der Waals surface area contributed by atoms with Crippen LogP contribution in [0.2, 0.25) is 0 Å². The zero-order chi connectivity index (χ0) is 27.5. The molecular weight excluding hydrogens is 486 g/mol. The Labute approximate surface area is 231 Å². The molecule has 0 aliphatic rings. The second-order valence-electron chi connectivity index (χ2n) is 10.1. The largest absolute Gasteiger partial charge is 0.497 e. The number of ether oxygens (including phenoxy) is 2. The van der Waals surface area contributed by atoms with Gasteiger partial charge in [-0.05, 0) is 46.5 Å². The van der Waals surface area contributed by atoms with Crippen LogP contribution in [0.4, 0.5) is 0 Å². The SMILES string of the molecule is COc1ccc(CN(CC(c2ccccc2)c2ccccc2)C[C@@H](C)COc2cccc(CC(=O)O)c2)cc1. The van der Waals surface area contributed by atoms with Crippen molar-refractivity contribution in [2.75, 3.05) is 26.8 Å². The maximum atomic E-state index is 11.1. The summed E-state index contributed by atoms with van der Waals surface area (Å²) < 4.78 is 11.5. The molecule has 1 N–H and O–H groups in total. The molecule has 0 unspecified atom stereocenters. The van der Waals surface area contributed by atoms with E-state index in [1.54, 1.807) is 7.11 Å². The Hall–Kier alpha value is -4.09. The quantitative estimate of drug-likeness (QED) is 0.200. The Balaban J connectivity index is 1.51. The summed E-state index contributed by atoms with van der Waals surface area (Å²) in [6.45, 7) is 5.24. The Morgan fingerprint density at radius 1 is 0.769 bits per heavy atom. The van der Waals surface area contributed by atoms with E-state index in [1.165, 1.54) is 16.7 Å². The number of rotatable bonds is 14. The van der Waals surface area contributed by atoms with Gasteiger partial charge in [0.05, 0.1) is 20.1 Å². The van der Waals surface area contributed by atoms with E-state index in [2.05, 4.69) is 84.6 Å². The van der Waals surface area contributed by atoms with E-state index in [4.69, 9.17) is 14.6 Å². The standard InChI is InChI=1S/C34H37NO4/c1-26(25-39-32-15-9-10-28(20-32)21-34(36)37)22-35(23-27-16-18-31(38-2)19-17-27)24-33(29-11-5-3-6-12-29)30-13-7-4-8-14-30/h3-20,26,33H,21-25H2,1-2H3,(H,36,37)/t26-/m1/s1. The molecule has 0 aliphatic heterocycles. The van der Waals surface area contributed by atoms with Crippen LogP contribution >= 0.6 is 0 Å². The fraction of sp³-hybridized carbons (Fsp3) is 0.265. The minimum Gasteiger partial charge on any atom is -0.497 e. The predicted molar refractivity (Wildman–Crippen MR) is 155 cm³/mol. The van der Waals surface area contributed by atoms with Crippen LogP contribution < -0.4 is 9.47 Å². The molecular formula is C34H37NO4. The Kier molecular flexibility index (Phi) is 10.1. The molecule has 202 valence electrons. The average Bonchev–Trinajstić information content (AvgIpc) is 2.96. The lowest BCUT2D eigenvalue weighted by Gasteiger charge is -2.30. The first kappa shape index (κ1) is 27.9. The van der Waals surface area contributed by atoms with Crippen LogP contribution in [0.3, 0.4) is 0 Å². The summed E-state index contributed by atoms with van der Waals surface area (Å²) in [4.78, 5) is 13.6. The highest BCUT2D eigenvalue weighted by Gasteiger charge is 2.20. The van der Waals surface area contributed by atoms with Crippen LogP contribution in [0.1, 0.15) is 35.1 Å². The molecule has 4 aromatic carbocycles. The van der Waals surface area contributed by atoms with E-state index < -0.39 is 5.97 Å². The molecule has 39 heavy (non-hydrogen) atoms. The third-order valence-corrected chi connectivity index (χ3v) is 6.77. The molecule has 0 fully saturated rings. The van der Waals surface area contributed by atoms with E-state index >= 15 is 0 Å². The summed E-state index contributed by atoms with van der Waals surface area (Å²) in [5.74, 6) is 1.18. The summed E-state index contributed by atoms with van der Waals surface area (Å²) in [6, 6.07) is 37.0. The Morgan fingerprint density at radius 3 is 2.00 bits per heavy atom. The summed E-state index contributed by atoms with van der Waals surface area (Å²) in [7, 11) is 1.69. The van der Waals surface area contributed by atoms with Crippen molar-refractivity contribution in [1.29, 1.82) is 0 Å². The molecule has 4 rings (SSSR count). The molecule has 0 saturated heterocycles. The molecule has 0 spiro atoms. The maximum Gasteiger partial charge on any atom is 0.307 e. The fourth-order valence-corrected chi connectivity index (χ4v) is 4.88. The van der Waals surface area contributed by atoms with Crippen LogP contribution in [0, 0.1) is 5.92 Å². The van der Waals surface area contributed by atoms with Gasteiger partial charge < -0.3 is 14.6 Å². The number of hydrogen-bond acceptors (Lipinski definition) is 4. The summed E-state index contributed by atoms with van der Waals surface area (Å²) in [6.07, 6.45) is -0.0112. The van der Waals surface area contributed by atoms with E-state index in [-0.39, 0.29) is 18.3 Å². The number of carbonyl (C=O) groups is 1. The van der Waals surface area contributed by atoms with Crippen molar-refractivity contribution in [3.8, 4) is 11.5 Å². The average molecular weight is 524 g/mol. The van der Waals surface area contributed by atoms with Crippen molar-refractivity contribution < 1.29 is 19.4 Å². The number of carboxylic acid groups (broad SMARTS) is 1. The summed E-state index contributed by atoms with van der Waals surface area (Å²) in [5.41, 5.74) is 4.55. The summed E-state index contributed by atoms with van der Waals surface area (Å²) >= 11 is 0. The van der Waals surface area contributed by atoms with Gasteiger partial charge in [-0.3, -0.25) is 9.69 Å². The molecule has 0 aliphatic carbocycles. The monoisotopic (exact) mass is 523 g/mol. The molecule has 0 bridgehead atoms. The predicted octanol–water partition coefficient (Wildman–Crippen LogP) is 6.67. The van der Waals surface area contributed by atoms with Crippen molar-refractivity contribution in [2.45, 2.75) is 25.8 Å². The van der Waals surface area contributed by atoms with Gasteiger partial charge in [-0.25, -0.2) is 0 Å². The van der Waals surface area contributed by atoms with Gasteiger partial charge in [0, 0.05) is 31.5 Å². The van der Waals surface area contributed by atoms with Gasteiger partial charge in [0.1, 0.15) is 11.5 Å². The number of hydrogen-bond donors (Lipinski definition) is 1. The van der Waals surface area contributed by atoms with Gasteiger partial charge in [0.25, 0.3) is 0 Å². The zero-order valence-corrected chi connectivity index (χ0v) is 22.7. The second-order valence-corrected chi connectivity index (χ2v) is 10.1. The smallest absolute Gasteiger partial charge is 0.307 e. The van der Waals surface area contributed by atoms with Gasteiger partial charge in [0.15, 0.2) is 0 Å². The molecule has 1 atom stereocenters. The van der Waals surface area contributed by atoms with Crippen LogP contribution in [-0.4, -0.2) is 42.8 Å². The highest BCUT2D eigenvalue weighted by molar-refractivity contribution is 5.70. The van der Waals surface area contributed by atoms with Crippen LogP contribution in [0.5, 0.6) is 11.5 Å². The van der Waals surface area contributed by atoms with Crippen molar-refractivity contribution in [1.82, 2.24) is 4.90 Å². The molecule has 5 nitrogen and oxygen atoms in total. The van der Waals surface area contributed by atoms with Crippen LogP contribution in [-0.2, 0) is 17.8 Å². The second kappa shape index (κ2) is 14.2. The van der Waals surface area contributed by atoms with E-state index in [9.17, 15) is 4.79 Å². The number of aliphatic carboxylic acids is 1. The zero-order valence-electron chi connectivity index (χ0n) is 22.7. The third-order valence-electron chi connectivity index (χ3n) is 6.77. The van der Waals surface area contributed by atoms with Crippen molar-refractivity contribution >= 4 is 5.97 Å². The van der Waals surface area contributed by atoms with Gasteiger partial charge in [-0.2, -0.15) is 0 Å².